The first-order valence-corrected chi connectivity index (χ1v) is 12.3. The summed E-state index contributed by atoms with van der Waals surface area (Å²) in [6.07, 6.45) is 2.39. The van der Waals surface area contributed by atoms with Crippen molar-refractivity contribution in [1.82, 2.24) is 0 Å². The van der Waals surface area contributed by atoms with Gasteiger partial charge in [0.1, 0.15) is 31.2 Å². The minimum absolute atomic E-state index is 0.281. The van der Waals surface area contributed by atoms with Gasteiger partial charge >= 0.3 is 5.97 Å². The highest BCUT2D eigenvalue weighted by molar-refractivity contribution is 5.91. The summed E-state index contributed by atoms with van der Waals surface area (Å²) < 4.78 is 27.2. The molecule has 0 radical (unpaired) electrons. The maximum absolute atomic E-state index is 12.5. The van der Waals surface area contributed by atoms with Gasteiger partial charge in [-0.25, -0.2) is 4.79 Å². The Morgan fingerprint density at radius 1 is 0.737 bits per heavy atom. The van der Waals surface area contributed by atoms with Gasteiger partial charge in [0.05, 0.1) is 44.7 Å². The van der Waals surface area contributed by atoms with Gasteiger partial charge < -0.3 is 33.3 Å². The number of carbonyl (C=O) groups is 3. The van der Waals surface area contributed by atoms with E-state index in [-0.39, 0.29) is 12.1 Å². The summed E-state index contributed by atoms with van der Waals surface area (Å²) in [7, 11) is 0. The molecule has 5 rings (SSSR count). The van der Waals surface area contributed by atoms with Crippen LogP contribution < -0.4 is 9.47 Å². The molecule has 0 bridgehead atoms. The fraction of sp³-hybridized carbons (Fsp3) is 0.300. The number of hydrogen-bond donors (Lipinski definition) is 0. The maximum Gasteiger partial charge on any atom is 0.343 e. The van der Waals surface area contributed by atoms with Crippen LogP contribution >= 0.6 is 0 Å². The Hall–Kier alpha value is -3.85. The van der Waals surface area contributed by atoms with E-state index in [0.29, 0.717) is 37.2 Å². The molecule has 0 spiro atoms. The van der Waals surface area contributed by atoms with Crippen LogP contribution in [-0.4, -0.2) is 64.8 Å². The van der Waals surface area contributed by atoms with Gasteiger partial charge in [-0.15, -0.1) is 0 Å². The summed E-state index contributed by atoms with van der Waals surface area (Å²) in [4.78, 5) is 28.5. The quantitative estimate of drug-likeness (QED) is 0.150. The fourth-order valence-corrected chi connectivity index (χ4v) is 3.54. The zero-order valence-electron chi connectivity index (χ0n) is 21.2. The van der Waals surface area contributed by atoms with Crippen LogP contribution in [0.2, 0.25) is 0 Å². The molecular weight excluding hydrogens is 488 g/mol. The zero-order valence-corrected chi connectivity index (χ0v) is 21.2. The van der Waals surface area contributed by atoms with Crippen LogP contribution in [0, 0.1) is 0 Å². The highest BCUT2D eigenvalue weighted by Crippen LogP contribution is 2.25. The molecule has 3 aromatic rings. The van der Waals surface area contributed by atoms with Crippen molar-refractivity contribution >= 4 is 19.5 Å². The Morgan fingerprint density at radius 2 is 1.29 bits per heavy atom. The summed E-state index contributed by atoms with van der Waals surface area (Å²) in [5, 5.41) is 0. The average molecular weight is 521 g/mol. The van der Waals surface area contributed by atoms with Gasteiger partial charge in [-0.3, -0.25) is 0 Å². The van der Waals surface area contributed by atoms with Crippen molar-refractivity contribution in [2.24, 2.45) is 0 Å². The van der Waals surface area contributed by atoms with E-state index in [2.05, 4.69) is 0 Å². The second kappa shape index (κ2) is 15.4. The topological polar surface area (TPSA) is 104 Å². The molecule has 2 aliphatic heterocycles. The minimum Gasteiger partial charge on any atom is -0.493 e. The molecule has 2 atom stereocenters. The molecule has 2 aliphatic rings. The van der Waals surface area contributed by atoms with Gasteiger partial charge in [-0.05, 0) is 59.5 Å². The van der Waals surface area contributed by atoms with Gasteiger partial charge in [0, 0.05) is 6.42 Å². The monoisotopic (exact) mass is 520 g/mol. The van der Waals surface area contributed by atoms with Crippen molar-refractivity contribution < 1.29 is 38.1 Å². The molecule has 3 aromatic carbocycles. The summed E-state index contributed by atoms with van der Waals surface area (Å²) in [6, 6.07) is 22.9. The average Bonchev–Trinajstić information content (AvgIpc) is 3.91. The third-order valence-electron chi connectivity index (χ3n) is 5.79. The smallest absolute Gasteiger partial charge is 0.343 e. The second-order valence-electron chi connectivity index (χ2n) is 8.51. The molecule has 8 heteroatoms. The highest BCUT2D eigenvalue weighted by atomic mass is 16.6. The highest BCUT2D eigenvalue weighted by Gasteiger charge is 2.22. The van der Waals surface area contributed by atoms with Crippen molar-refractivity contribution in [2.45, 2.75) is 25.0 Å². The third kappa shape index (κ3) is 9.55. The summed E-state index contributed by atoms with van der Waals surface area (Å²) in [6.45, 7) is 7.62. The van der Waals surface area contributed by atoms with E-state index >= 15 is 0 Å². The first-order chi connectivity index (χ1) is 18.7. The normalized spacial score (nSPS) is 16.6. The fourth-order valence-electron chi connectivity index (χ4n) is 3.54. The number of carbonyl (C=O) groups excluding carboxylic acids is 3. The van der Waals surface area contributed by atoms with Crippen LogP contribution in [0.1, 0.15) is 22.3 Å². The number of benzene rings is 3. The molecule has 2 heterocycles. The van der Waals surface area contributed by atoms with Crippen molar-refractivity contribution in [1.29, 1.82) is 0 Å². The van der Waals surface area contributed by atoms with Crippen LogP contribution in [0.4, 0.5) is 0 Å². The lowest BCUT2D eigenvalue weighted by molar-refractivity contribution is -0.0987. The van der Waals surface area contributed by atoms with Crippen LogP contribution in [0.3, 0.4) is 0 Å². The first kappa shape index (κ1) is 28.7. The summed E-state index contributed by atoms with van der Waals surface area (Å²) >= 11 is 0. The largest absolute Gasteiger partial charge is 0.493 e. The minimum atomic E-state index is -0.375. The lowest BCUT2D eigenvalue weighted by atomic mass is 10.1. The molecule has 8 nitrogen and oxygen atoms in total. The van der Waals surface area contributed by atoms with Crippen molar-refractivity contribution in [2.75, 3.05) is 33.0 Å². The predicted molar refractivity (Wildman–Crippen MR) is 142 cm³/mol. The van der Waals surface area contributed by atoms with Crippen molar-refractivity contribution in [3.63, 3.8) is 0 Å². The van der Waals surface area contributed by atoms with Gasteiger partial charge in [-0.2, -0.15) is 0 Å². The number of rotatable bonds is 12. The molecule has 0 aliphatic carbocycles. The molecule has 0 amide bonds. The Morgan fingerprint density at radius 3 is 1.84 bits per heavy atom. The van der Waals surface area contributed by atoms with E-state index in [1.54, 1.807) is 12.1 Å². The number of ether oxygens (including phenoxy) is 5. The van der Waals surface area contributed by atoms with Crippen molar-refractivity contribution in [3.8, 4) is 22.6 Å². The van der Waals surface area contributed by atoms with E-state index in [9.17, 15) is 4.79 Å². The maximum atomic E-state index is 12.5. The number of hydrogen-bond acceptors (Lipinski definition) is 8. The van der Waals surface area contributed by atoms with E-state index in [1.165, 1.54) is 0 Å². The van der Waals surface area contributed by atoms with E-state index in [4.69, 9.17) is 33.3 Å². The standard InChI is InChI=1S/C28H28O6.2CH2O/c29-28(23-3-1-20(2-4-23)13-15-30-17-27-19-33-27)34-25-11-7-22(8-12-25)21-5-9-24(10-6-21)31-16-14-26-18-32-26;2*1-2/h1-12,26-27H,13-19H2;2*1H2. The molecule has 0 N–H and O–H groups in total. The molecule has 200 valence electrons. The van der Waals surface area contributed by atoms with Crippen LogP contribution in [-0.2, 0) is 30.2 Å². The van der Waals surface area contributed by atoms with E-state index in [0.717, 1.165) is 48.5 Å². The Bertz CT molecular complexity index is 1100. The zero-order chi connectivity index (χ0) is 27.2. The van der Waals surface area contributed by atoms with Gasteiger partial charge in [-0.1, -0.05) is 36.4 Å². The number of epoxide rings is 2. The summed E-state index contributed by atoms with van der Waals surface area (Å²) in [5.41, 5.74) is 3.74. The van der Waals surface area contributed by atoms with Gasteiger partial charge in [0.25, 0.3) is 0 Å². The van der Waals surface area contributed by atoms with E-state index in [1.807, 2.05) is 74.2 Å². The van der Waals surface area contributed by atoms with Crippen molar-refractivity contribution in [3.05, 3.63) is 83.9 Å². The Balaban J connectivity index is 0.000000956. The molecule has 0 aromatic heterocycles. The SMILES string of the molecule is C=O.C=O.O=C(Oc1ccc(-c2ccc(OCCC3CO3)cc2)cc1)c1ccc(CCOCC2CO2)cc1. The van der Waals surface area contributed by atoms with Crippen LogP contribution in [0.15, 0.2) is 72.8 Å². The molecule has 2 saturated heterocycles. The Kier molecular flexibility index (Phi) is 11.6. The lowest BCUT2D eigenvalue weighted by Gasteiger charge is -2.08. The molecule has 0 saturated carbocycles. The predicted octanol–water partition coefficient (Wildman–Crippen LogP) is 4.33. The lowest BCUT2D eigenvalue weighted by Crippen LogP contribution is -2.09. The number of esters is 1. The van der Waals surface area contributed by atoms with Gasteiger partial charge in [0.2, 0.25) is 0 Å². The Labute approximate surface area is 222 Å². The molecule has 2 fully saturated rings. The van der Waals surface area contributed by atoms with E-state index < -0.39 is 0 Å². The summed E-state index contributed by atoms with van der Waals surface area (Å²) in [5.74, 6) is 0.983. The third-order valence-corrected chi connectivity index (χ3v) is 5.79. The molecule has 38 heavy (non-hydrogen) atoms. The molecule has 2 unspecified atom stereocenters. The molecular formula is C30H32O8. The second-order valence-corrected chi connectivity index (χ2v) is 8.51. The van der Waals surface area contributed by atoms with Crippen LogP contribution in [0.5, 0.6) is 11.5 Å². The van der Waals surface area contributed by atoms with Gasteiger partial charge in [0.15, 0.2) is 0 Å². The first-order valence-electron chi connectivity index (χ1n) is 12.3. The van der Waals surface area contributed by atoms with Crippen LogP contribution in [0.25, 0.3) is 11.1 Å².